The van der Waals surface area contributed by atoms with Gasteiger partial charge in [0, 0.05) is 18.6 Å². The normalized spacial score (nSPS) is 24.9. The van der Waals surface area contributed by atoms with Gasteiger partial charge in [0.2, 0.25) is 0 Å². The number of nitrogens with one attached hydrogen (secondary N) is 1. The highest BCUT2D eigenvalue weighted by Crippen LogP contribution is 2.16. The first kappa shape index (κ1) is 13.9. The average molecular weight is 227 g/mol. The molecule has 0 aromatic rings. The molecule has 16 heavy (non-hydrogen) atoms. The van der Waals surface area contributed by atoms with Gasteiger partial charge in [-0.1, -0.05) is 6.42 Å². The topological polar surface area (TPSA) is 18.5 Å². The number of rotatable bonds is 6. The first-order valence-corrected chi connectivity index (χ1v) is 6.68. The third kappa shape index (κ3) is 4.81. The van der Waals surface area contributed by atoms with Crippen LogP contribution in [0.1, 0.15) is 32.6 Å². The third-order valence-electron chi connectivity index (χ3n) is 3.90. The SMILES string of the molecule is CC(CNCCC1CCCCN1C)N(C)C. The predicted molar refractivity (Wildman–Crippen MR) is 70.9 cm³/mol. The Bertz CT molecular complexity index is 182. The van der Waals surface area contributed by atoms with Crippen LogP contribution in [-0.4, -0.2) is 62.7 Å². The van der Waals surface area contributed by atoms with Crippen molar-refractivity contribution in [1.82, 2.24) is 15.1 Å². The molecule has 1 heterocycles. The quantitative estimate of drug-likeness (QED) is 0.692. The summed E-state index contributed by atoms with van der Waals surface area (Å²) in [5.41, 5.74) is 0. The van der Waals surface area contributed by atoms with Crippen LogP contribution in [-0.2, 0) is 0 Å². The zero-order valence-electron chi connectivity index (χ0n) is 11.5. The molecule has 0 bridgehead atoms. The van der Waals surface area contributed by atoms with Crippen LogP contribution in [0.15, 0.2) is 0 Å². The monoisotopic (exact) mass is 227 g/mol. The summed E-state index contributed by atoms with van der Waals surface area (Å²) in [6.07, 6.45) is 5.50. The van der Waals surface area contributed by atoms with Crippen molar-refractivity contribution in [1.29, 1.82) is 0 Å². The fraction of sp³-hybridized carbons (Fsp3) is 1.00. The van der Waals surface area contributed by atoms with Gasteiger partial charge in [0.1, 0.15) is 0 Å². The number of hydrogen-bond acceptors (Lipinski definition) is 3. The fourth-order valence-electron chi connectivity index (χ4n) is 2.27. The first-order valence-electron chi connectivity index (χ1n) is 6.68. The molecule has 1 saturated heterocycles. The number of nitrogens with zero attached hydrogens (tertiary/aromatic N) is 2. The summed E-state index contributed by atoms with van der Waals surface area (Å²) in [5, 5.41) is 3.57. The van der Waals surface area contributed by atoms with E-state index in [0.29, 0.717) is 6.04 Å². The van der Waals surface area contributed by atoms with E-state index in [2.05, 4.69) is 43.2 Å². The number of likely N-dealkylation sites (N-methyl/N-ethyl adjacent to an activating group) is 1. The highest BCUT2D eigenvalue weighted by molar-refractivity contribution is 4.75. The maximum atomic E-state index is 3.57. The Kier molecular flexibility index (Phi) is 6.32. The molecule has 0 spiro atoms. The zero-order valence-corrected chi connectivity index (χ0v) is 11.5. The van der Waals surface area contributed by atoms with E-state index in [9.17, 15) is 0 Å². The van der Waals surface area contributed by atoms with E-state index < -0.39 is 0 Å². The van der Waals surface area contributed by atoms with Gasteiger partial charge in [-0.05, 0) is 60.4 Å². The molecule has 0 amide bonds. The second-order valence-corrected chi connectivity index (χ2v) is 5.44. The lowest BCUT2D eigenvalue weighted by atomic mass is 10.0. The molecular weight excluding hydrogens is 198 g/mol. The third-order valence-corrected chi connectivity index (χ3v) is 3.90. The van der Waals surface area contributed by atoms with Crippen LogP contribution in [0, 0.1) is 0 Å². The molecule has 0 saturated carbocycles. The lowest BCUT2D eigenvalue weighted by Crippen LogP contribution is -2.40. The fourth-order valence-corrected chi connectivity index (χ4v) is 2.27. The largest absolute Gasteiger partial charge is 0.315 e. The molecule has 0 aliphatic carbocycles. The molecule has 3 heteroatoms. The van der Waals surface area contributed by atoms with Crippen molar-refractivity contribution in [2.45, 2.75) is 44.7 Å². The van der Waals surface area contributed by atoms with Gasteiger partial charge in [-0.2, -0.15) is 0 Å². The lowest BCUT2D eigenvalue weighted by molar-refractivity contribution is 0.174. The molecule has 1 aliphatic heterocycles. The maximum absolute atomic E-state index is 3.57. The van der Waals surface area contributed by atoms with Gasteiger partial charge < -0.3 is 15.1 Å². The molecule has 1 rings (SSSR count). The molecule has 1 N–H and O–H groups in total. The second-order valence-electron chi connectivity index (χ2n) is 5.44. The van der Waals surface area contributed by atoms with E-state index in [0.717, 1.165) is 19.1 Å². The standard InChI is InChI=1S/C13H29N3/c1-12(15(2)3)11-14-9-8-13-7-5-6-10-16(13)4/h12-14H,5-11H2,1-4H3. The molecule has 1 aliphatic rings. The van der Waals surface area contributed by atoms with Crippen molar-refractivity contribution < 1.29 is 0 Å². The van der Waals surface area contributed by atoms with Gasteiger partial charge in [-0.3, -0.25) is 0 Å². The van der Waals surface area contributed by atoms with Gasteiger partial charge >= 0.3 is 0 Å². The Morgan fingerprint density at radius 3 is 2.75 bits per heavy atom. The van der Waals surface area contributed by atoms with E-state index in [1.54, 1.807) is 0 Å². The Morgan fingerprint density at radius 2 is 2.12 bits per heavy atom. The van der Waals surface area contributed by atoms with Crippen molar-refractivity contribution in [3.05, 3.63) is 0 Å². The van der Waals surface area contributed by atoms with Gasteiger partial charge in [-0.25, -0.2) is 0 Å². The van der Waals surface area contributed by atoms with Gasteiger partial charge in [0.25, 0.3) is 0 Å². The summed E-state index contributed by atoms with van der Waals surface area (Å²) < 4.78 is 0. The molecule has 3 nitrogen and oxygen atoms in total. The molecule has 2 atom stereocenters. The highest BCUT2D eigenvalue weighted by Gasteiger charge is 2.17. The van der Waals surface area contributed by atoms with E-state index in [1.807, 2.05) is 0 Å². The van der Waals surface area contributed by atoms with Crippen molar-refractivity contribution in [3.63, 3.8) is 0 Å². The second kappa shape index (κ2) is 7.25. The van der Waals surface area contributed by atoms with Crippen LogP contribution in [0.2, 0.25) is 0 Å². The summed E-state index contributed by atoms with van der Waals surface area (Å²) in [5.74, 6) is 0. The van der Waals surface area contributed by atoms with Gasteiger partial charge in [0.15, 0.2) is 0 Å². The Labute approximate surface area is 101 Å². The van der Waals surface area contributed by atoms with Crippen LogP contribution < -0.4 is 5.32 Å². The van der Waals surface area contributed by atoms with Crippen LogP contribution in [0.3, 0.4) is 0 Å². The zero-order chi connectivity index (χ0) is 12.0. The van der Waals surface area contributed by atoms with Gasteiger partial charge in [-0.15, -0.1) is 0 Å². The molecular formula is C13H29N3. The Balaban J connectivity index is 2.06. The van der Waals surface area contributed by atoms with Crippen LogP contribution in [0.25, 0.3) is 0 Å². The molecule has 0 aromatic heterocycles. The van der Waals surface area contributed by atoms with E-state index in [-0.39, 0.29) is 0 Å². The van der Waals surface area contributed by atoms with Crippen molar-refractivity contribution in [2.75, 3.05) is 40.8 Å². The Hall–Kier alpha value is -0.120. The molecule has 2 unspecified atom stereocenters. The molecule has 0 aromatic carbocycles. The van der Waals surface area contributed by atoms with Crippen molar-refractivity contribution in [3.8, 4) is 0 Å². The minimum atomic E-state index is 0.629. The van der Waals surface area contributed by atoms with Crippen LogP contribution in [0.5, 0.6) is 0 Å². The smallest absolute Gasteiger partial charge is 0.0186 e. The first-order chi connectivity index (χ1) is 7.61. The van der Waals surface area contributed by atoms with Gasteiger partial charge in [0.05, 0.1) is 0 Å². The van der Waals surface area contributed by atoms with Crippen molar-refractivity contribution in [2.24, 2.45) is 0 Å². The summed E-state index contributed by atoms with van der Waals surface area (Å²) >= 11 is 0. The van der Waals surface area contributed by atoms with E-state index >= 15 is 0 Å². The summed E-state index contributed by atoms with van der Waals surface area (Å²) in [6, 6.07) is 1.44. The average Bonchev–Trinajstić information content (AvgIpc) is 2.26. The number of likely N-dealkylation sites (tertiary alicyclic amines) is 1. The number of piperidine rings is 1. The highest BCUT2D eigenvalue weighted by atomic mass is 15.1. The summed E-state index contributed by atoms with van der Waals surface area (Å²) in [4.78, 5) is 4.79. The minimum absolute atomic E-state index is 0.629. The molecule has 96 valence electrons. The molecule has 0 radical (unpaired) electrons. The van der Waals surface area contributed by atoms with Crippen LogP contribution >= 0.6 is 0 Å². The van der Waals surface area contributed by atoms with Crippen LogP contribution in [0.4, 0.5) is 0 Å². The maximum Gasteiger partial charge on any atom is 0.0186 e. The summed E-state index contributed by atoms with van der Waals surface area (Å²) in [7, 11) is 6.55. The number of hydrogen-bond donors (Lipinski definition) is 1. The summed E-state index contributed by atoms with van der Waals surface area (Å²) in [6.45, 7) is 5.81. The van der Waals surface area contributed by atoms with E-state index in [1.165, 1.54) is 32.2 Å². The predicted octanol–water partition coefficient (Wildman–Crippen LogP) is 1.40. The van der Waals surface area contributed by atoms with Crippen molar-refractivity contribution >= 4 is 0 Å². The van der Waals surface area contributed by atoms with E-state index in [4.69, 9.17) is 0 Å². The lowest BCUT2D eigenvalue weighted by Gasteiger charge is -2.32. The molecule has 1 fully saturated rings. The Morgan fingerprint density at radius 1 is 1.38 bits per heavy atom. The minimum Gasteiger partial charge on any atom is -0.315 e.